The van der Waals surface area contributed by atoms with Gasteiger partial charge in [0.15, 0.2) is 5.76 Å². The fourth-order valence-electron chi connectivity index (χ4n) is 2.67. The molecule has 0 saturated carbocycles. The lowest BCUT2D eigenvalue weighted by Gasteiger charge is -2.11. The van der Waals surface area contributed by atoms with Gasteiger partial charge in [-0.15, -0.1) is 0 Å². The second kappa shape index (κ2) is 6.14. The van der Waals surface area contributed by atoms with Gasteiger partial charge in [0.25, 0.3) is 0 Å². The summed E-state index contributed by atoms with van der Waals surface area (Å²) in [6.45, 7) is 1.96. The Kier molecular flexibility index (Phi) is 3.82. The fraction of sp³-hybridized carbons (Fsp3) is 0.111. The van der Waals surface area contributed by atoms with Crippen LogP contribution in [0.25, 0.3) is 22.4 Å². The van der Waals surface area contributed by atoms with Gasteiger partial charge in [0.1, 0.15) is 6.04 Å². The molecule has 6 nitrogen and oxygen atoms in total. The Morgan fingerprint density at radius 3 is 2.68 bits per heavy atom. The SMILES string of the molecule is CC(Nc1ccc2[nH]c(=O)[nH]c2c1)c1ncc(-c2ccc(Cl)cc2)o1. The Balaban J connectivity index is 1.55. The summed E-state index contributed by atoms with van der Waals surface area (Å²) in [6, 6.07) is 12.9. The first kappa shape index (κ1) is 15.5. The minimum atomic E-state index is -0.222. The van der Waals surface area contributed by atoms with Crippen molar-refractivity contribution in [3.63, 3.8) is 0 Å². The molecule has 2 aromatic heterocycles. The lowest BCUT2D eigenvalue weighted by atomic mass is 10.2. The molecule has 0 saturated heterocycles. The molecular weight excluding hydrogens is 340 g/mol. The van der Waals surface area contributed by atoms with Crippen molar-refractivity contribution in [2.45, 2.75) is 13.0 Å². The molecule has 2 aromatic carbocycles. The van der Waals surface area contributed by atoms with Crippen molar-refractivity contribution in [1.82, 2.24) is 15.0 Å². The minimum Gasteiger partial charge on any atom is -0.438 e. The van der Waals surface area contributed by atoms with Gasteiger partial charge in [0, 0.05) is 16.3 Å². The molecule has 4 rings (SSSR count). The summed E-state index contributed by atoms with van der Waals surface area (Å²) >= 11 is 5.91. The molecule has 0 fully saturated rings. The van der Waals surface area contributed by atoms with E-state index in [0.717, 1.165) is 22.3 Å². The van der Waals surface area contributed by atoms with Crippen LogP contribution in [-0.2, 0) is 0 Å². The fourth-order valence-corrected chi connectivity index (χ4v) is 2.80. The van der Waals surface area contributed by atoms with Crippen molar-refractivity contribution in [3.8, 4) is 11.3 Å². The minimum absolute atomic E-state index is 0.135. The van der Waals surface area contributed by atoms with Crippen molar-refractivity contribution in [1.29, 1.82) is 0 Å². The van der Waals surface area contributed by atoms with Crippen molar-refractivity contribution < 1.29 is 4.42 Å². The van der Waals surface area contributed by atoms with Crippen LogP contribution in [0.3, 0.4) is 0 Å². The molecule has 1 atom stereocenters. The maximum absolute atomic E-state index is 11.3. The van der Waals surface area contributed by atoms with E-state index in [2.05, 4.69) is 20.3 Å². The summed E-state index contributed by atoms with van der Waals surface area (Å²) in [4.78, 5) is 21.1. The lowest BCUT2D eigenvalue weighted by Crippen LogP contribution is -2.06. The van der Waals surface area contributed by atoms with E-state index in [1.165, 1.54) is 0 Å². The third-order valence-corrected chi connectivity index (χ3v) is 4.17. The molecule has 1 unspecified atom stereocenters. The van der Waals surface area contributed by atoms with Gasteiger partial charge >= 0.3 is 5.69 Å². The quantitative estimate of drug-likeness (QED) is 0.509. The van der Waals surface area contributed by atoms with Crippen LogP contribution < -0.4 is 11.0 Å². The predicted molar refractivity (Wildman–Crippen MR) is 97.9 cm³/mol. The van der Waals surface area contributed by atoms with Gasteiger partial charge in [-0.3, -0.25) is 0 Å². The van der Waals surface area contributed by atoms with Crippen LogP contribution in [0.2, 0.25) is 5.02 Å². The standard InChI is InChI=1S/C18H15ClN4O2/c1-10(21-13-6-7-14-15(8-13)23-18(24)22-14)17-20-9-16(25-17)11-2-4-12(19)5-3-11/h2-10,21H,1H3,(H2,22,23,24). The molecule has 0 bridgehead atoms. The molecule has 25 heavy (non-hydrogen) atoms. The Bertz CT molecular complexity index is 1080. The van der Waals surface area contributed by atoms with Crippen LogP contribution in [0.1, 0.15) is 18.9 Å². The van der Waals surface area contributed by atoms with Crippen molar-refractivity contribution in [3.05, 3.63) is 70.1 Å². The second-order valence-corrected chi connectivity index (χ2v) is 6.21. The zero-order valence-electron chi connectivity index (χ0n) is 13.3. The number of hydrogen-bond donors (Lipinski definition) is 3. The maximum atomic E-state index is 11.3. The number of fused-ring (bicyclic) bond motifs is 1. The molecule has 0 aliphatic heterocycles. The number of benzene rings is 2. The van der Waals surface area contributed by atoms with Gasteiger partial charge in [-0.25, -0.2) is 9.78 Å². The molecule has 0 amide bonds. The molecule has 0 spiro atoms. The van der Waals surface area contributed by atoms with E-state index in [1.807, 2.05) is 49.4 Å². The Morgan fingerprint density at radius 1 is 1.12 bits per heavy atom. The van der Waals surface area contributed by atoms with E-state index in [4.69, 9.17) is 16.0 Å². The Hall–Kier alpha value is -2.99. The number of halogens is 1. The van der Waals surface area contributed by atoms with Crippen molar-refractivity contribution in [2.75, 3.05) is 5.32 Å². The highest BCUT2D eigenvalue weighted by Crippen LogP contribution is 2.26. The second-order valence-electron chi connectivity index (χ2n) is 5.78. The largest absolute Gasteiger partial charge is 0.438 e. The predicted octanol–water partition coefficient (Wildman–Crippen LogP) is 4.34. The molecule has 0 aliphatic rings. The van der Waals surface area contributed by atoms with Crippen LogP contribution in [0.5, 0.6) is 0 Å². The van der Waals surface area contributed by atoms with Gasteiger partial charge in [-0.2, -0.15) is 0 Å². The van der Waals surface area contributed by atoms with Crippen LogP contribution in [0, 0.1) is 0 Å². The highest BCUT2D eigenvalue weighted by Gasteiger charge is 2.14. The normalized spacial score (nSPS) is 12.4. The van der Waals surface area contributed by atoms with Crippen LogP contribution in [0.4, 0.5) is 5.69 Å². The molecule has 4 aromatic rings. The van der Waals surface area contributed by atoms with E-state index in [0.29, 0.717) is 16.7 Å². The molecule has 0 aliphatic carbocycles. The molecular formula is C18H15ClN4O2. The molecule has 3 N–H and O–H groups in total. The number of imidazole rings is 1. The van der Waals surface area contributed by atoms with Crippen LogP contribution in [-0.4, -0.2) is 15.0 Å². The van der Waals surface area contributed by atoms with Gasteiger partial charge in [-0.1, -0.05) is 11.6 Å². The third-order valence-electron chi connectivity index (χ3n) is 3.92. The average Bonchev–Trinajstić information content (AvgIpc) is 3.21. The first-order valence-electron chi connectivity index (χ1n) is 7.79. The first-order valence-corrected chi connectivity index (χ1v) is 8.16. The topological polar surface area (TPSA) is 86.7 Å². The number of aromatic nitrogens is 3. The van der Waals surface area contributed by atoms with Crippen molar-refractivity contribution in [2.24, 2.45) is 0 Å². The molecule has 7 heteroatoms. The van der Waals surface area contributed by atoms with Crippen LogP contribution in [0.15, 0.2) is 57.9 Å². The van der Waals surface area contributed by atoms with E-state index in [-0.39, 0.29) is 11.7 Å². The van der Waals surface area contributed by atoms with E-state index < -0.39 is 0 Å². The Morgan fingerprint density at radius 2 is 1.88 bits per heavy atom. The number of rotatable bonds is 4. The van der Waals surface area contributed by atoms with Gasteiger partial charge in [0.05, 0.1) is 17.2 Å². The molecule has 0 radical (unpaired) electrons. The van der Waals surface area contributed by atoms with Gasteiger partial charge in [0.2, 0.25) is 5.89 Å². The maximum Gasteiger partial charge on any atom is 0.323 e. The summed E-state index contributed by atoms with van der Waals surface area (Å²) in [5, 5.41) is 4.00. The summed E-state index contributed by atoms with van der Waals surface area (Å²) in [5.74, 6) is 1.26. The number of aromatic amines is 2. The first-order chi connectivity index (χ1) is 12.1. The number of oxazole rings is 1. The van der Waals surface area contributed by atoms with Gasteiger partial charge < -0.3 is 19.7 Å². The van der Waals surface area contributed by atoms with E-state index in [1.54, 1.807) is 6.20 Å². The number of hydrogen-bond acceptors (Lipinski definition) is 4. The number of anilines is 1. The lowest BCUT2D eigenvalue weighted by molar-refractivity contribution is 0.485. The Labute approximate surface area is 147 Å². The zero-order chi connectivity index (χ0) is 17.4. The zero-order valence-corrected chi connectivity index (χ0v) is 14.1. The van der Waals surface area contributed by atoms with E-state index >= 15 is 0 Å². The highest BCUT2D eigenvalue weighted by molar-refractivity contribution is 6.30. The highest BCUT2D eigenvalue weighted by atomic mass is 35.5. The van der Waals surface area contributed by atoms with Gasteiger partial charge in [-0.05, 0) is 49.4 Å². The summed E-state index contributed by atoms with van der Waals surface area (Å²) in [7, 11) is 0. The number of H-pyrrole nitrogens is 2. The summed E-state index contributed by atoms with van der Waals surface area (Å²) in [6.07, 6.45) is 1.70. The van der Waals surface area contributed by atoms with Crippen molar-refractivity contribution >= 4 is 28.3 Å². The molecule has 126 valence electrons. The number of nitrogens with zero attached hydrogens (tertiary/aromatic N) is 1. The third kappa shape index (κ3) is 3.16. The van der Waals surface area contributed by atoms with E-state index in [9.17, 15) is 4.79 Å². The number of nitrogens with one attached hydrogen (secondary N) is 3. The average molecular weight is 355 g/mol. The molecule has 2 heterocycles. The smallest absolute Gasteiger partial charge is 0.323 e. The van der Waals surface area contributed by atoms with Crippen LogP contribution >= 0.6 is 11.6 Å². The summed E-state index contributed by atoms with van der Waals surface area (Å²) in [5.41, 5.74) is 3.07. The monoisotopic (exact) mass is 354 g/mol. The summed E-state index contributed by atoms with van der Waals surface area (Å²) < 4.78 is 5.85.